The Kier molecular flexibility index (Phi) is 7.44. The van der Waals surface area contributed by atoms with E-state index in [1.165, 1.54) is 30.9 Å². The lowest BCUT2D eigenvalue weighted by Crippen LogP contribution is -2.54. The van der Waals surface area contributed by atoms with Crippen LogP contribution in [0.25, 0.3) is 11.5 Å². The van der Waals surface area contributed by atoms with E-state index in [1.54, 1.807) is 0 Å². The maximum atomic E-state index is 14.0. The molecule has 0 saturated carbocycles. The number of anilines is 1. The Hall–Kier alpha value is -3.22. The molecule has 0 bridgehead atoms. The summed E-state index contributed by atoms with van der Waals surface area (Å²) in [7, 11) is -4.46. The van der Waals surface area contributed by atoms with Crippen LogP contribution >= 0.6 is 11.3 Å². The van der Waals surface area contributed by atoms with Crippen LogP contribution in [0.4, 0.5) is 32.0 Å². The van der Waals surface area contributed by atoms with Crippen molar-refractivity contribution >= 4 is 33.0 Å². The summed E-state index contributed by atoms with van der Waals surface area (Å²) in [5, 5.41) is 13.5. The Morgan fingerprint density at radius 1 is 1.15 bits per heavy atom. The van der Waals surface area contributed by atoms with Crippen molar-refractivity contribution in [3.63, 3.8) is 0 Å². The lowest BCUT2D eigenvalue weighted by atomic mass is 10.0. The molecule has 10 nitrogen and oxygen atoms in total. The lowest BCUT2D eigenvalue weighted by molar-refractivity contribution is -0.254. The second-order valence-corrected chi connectivity index (χ2v) is 12.2. The highest BCUT2D eigenvalue weighted by molar-refractivity contribution is 7.91. The molecule has 1 aromatic carbocycles. The molecule has 3 heterocycles. The van der Waals surface area contributed by atoms with Crippen molar-refractivity contribution in [3.05, 3.63) is 46.6 Å². The van der Waals surface area contributed by atoms with Crippen molar-refractivity contribution in [1.82, 2.24) is 14.4 Å². The Balaban J connectivity index is 1.61. The SMILES string of the molecule is Cc1noc(-c2ccc(N3CCN(S(=O)(=O)c4ccc(C(O)(C(N)=O)C(F)(F)F)s4)[C@H](C)C3)c(C(F)(F)F)c2)n1. The third-order valence-corrected chi connectivity index (χ3v) is 9.93. The van der Waals surface area contributed by atoms with E-state index in [0.717, 1.165) is 16.4 Å². The smallest absolute Gasteiger partial charge is 0.368 e. The number of aromatic nitrogens is 2. The molecule has 0 radical (unpaired) electrons. The number of hydrogen-bond donors (Lipinski definition) is 2. The van der Waals surface area contributed by atoms with Crippen LogP contribution in [-0.4, -0.2) is 65.7 Å². The molecule has 2 atom stereocenters. The molecule has 2 aromatic heterocycles. The van der Waals surface area contributed by atoms with E-state index in [1.807, 2.05) is 0 Å². The number of benzene rings is 1. The van der Waals surface area contributed by atoms with Crippen LogP contribution in [0, 0.1) is 6.92 Å². The summed E-state index contributed by atoms with van der Waals surface area (Å²) in [6, 6.07) is 3.94. The quantitative estimate of drug-likeness (QED) is 0.404. The van der Waals surface area contributed by atoms with E-state index in [2.05, 4.69) is 10.1 Å². The number of aryl methyl sites for hydroxylation is 1. The number of sulfonamides is 1. The molecule has 0 aliphatic carbocycles. The molecular weight excluding hydrogens is 592 g/mol. The molecule has 3 N–H and O–H groups in total. The average Bonchev–Trinajstić information content (AvgIpc) is 3.52. The van der Waals surface area contributed by atoms with Gasteiger partial charge in [0, 0.05) is 36.9 Å². The molecule has 1 aliphatic heterocycles. The molecule has 1 fully saturated rings. The minimum Gasteiger partial charge on any atom is -0.368 e. The first-order valence-electron chi connectivity index (χ1n) is 11.4. The van der Waals surface area contributed by atoms with Crippen LogP contribution in [0.3, 0.4) is 0 Å². The normalized spacial score (nSPS) is 19.0. The maximum Gasteiger partial charge on any atom is 0.431 e. The Morgan fingerprint density at radius 3 is 2.35 bits per heavy atom. The fourth-order valence-electron chi connectivity index (χ4n) is 4.27. The molecule has 40 heavy (non-hydrogen) atoms. The van der Waals surface area contributed by atoms with Gasteiger partial charge in [0.2, 0.25) is 0 Å². The summed E-state index contributed by atoms with van der Waals surface area (Å²) in [5.41, 5.74) is -0.521. The van der Waals surface area contributed by atoms with E-state index >= 15 is 0 Å². The van der Waals surface area contributed by atoms with Crippen molar-refractivity contribution in [3.8, 4) is 11.5 Å². The highest BCUT2D eigenvalue weighted by atomic mass is 32.2. The van der Waals surface area contributed by atoms with Crippen LogP contribution < -0.4 is 10.6 Å². The first-order valence-corrected chi connectivity index (χ1v) is 13.6. The van der Waals surface area contributed by atoms with E-state index < -0.39 is 54.6 Å². The zero-order valence-corrected chi connectivity index (χ0v) is 22.2. The largest absolute Gasteiger partial charge is 0.431 e. The molecule has 1 amide bonds. The summed E-state index contributed by atoms with van der Waals surface area (Å²) in [5.74, 6) is -2.01. The average molecular weight is 614 g/mol. The number of rotatable bonds is 6. The number of carbonyl (C=O) groups is 1. The molecule has 218 valence electrons. The van der Waals surface area contributed by atoms with Gasteiger partial charge >= 0.3 is 12.4 Å². The van der Waals surface area contributed by atoms with Crippen LogP contribution in [0.2, 0.25) is 0 Å². The molecule has 1 saturated heterocycles. The van der Waals surface area contributed by atoms with Crippen molar-refractivity contribution in [2.45, 2.75) is 42.1 Å². The molecule has 1 aliphatic rings. The molecule has 0 spiro atoms. The van der Waals surface area contributed by atoms with Gasteiger partial charge in [-0.15, -0.1) is 11.3 Å². The minimum atomic E-state index is -5.52. The number of thiophene rings is 1. The summed E-state index contributed by atoms with van der Waals surface area (Å²) >= 11 is 0.0191. The minimum absolute atomic E-state index is 0.0191. The van der Waals surface area contributed by atoms with E-state index in [9.17, 15) is 44.7 Å². The number of alkyl halides is 6. The predicted octanol–water partition coefficient (Wildman–Crippen LogP) is 3.26. The number of nitrogens with zero attached hydrogens (tertiary/aromatic N) is 4. The van der Waals surface area contributed by atoms with Gasteiger partial charge in [-0.3, -0.25) is 4.79 Å². The molecule has 18 heteroatoms. The number of primary amides is 1. The number of amides is 1. The summed E-state index contributed by atoms with van der Waals surface area (Å²) in [4.78, 5) is 15.7. The second kappa shape index (κ2) is 10.0. The molecule has 3 aromatic rings. The first kappa shape index (κ1) is 29.8. The highest BCUT2D eigenvalue weighted by Crippen LogP contribution is 2.44. The zero-order valence-electron chi connectivity index (χ0n) is 20.6. The van der Waals surface area contributed by atoms with Crippen LogP contribution in [-0.2, 0) is 26.6 Å². The molecule has 1 unspecified atom stereocenters. The van der Waals surface area contributed by atoms with Crippen LogP contribution in [0.15, 0.2) is 39.1 Å². The molecule has 4 rings (SSSR count). The third kappa shape index (κ3) is 5.15. The van der Waals surface area contributed by atoms with Gasteiger partial charge in [-0.05, 0) is 44.2 Å². The fraction of sp³-hybridized carbons (Fsp3) is 0.409. The standard InChI is InChI=1S/C22H21F6N5O5S2/c1-11-10-32(15-4-3-13(9-14(15)21(23,24)25)18-30-12(2)31-38-18)7-8-33(11)40(36,37)17-6-5-16(39-17)20(35,19(29)34)22(26,27)28/h3-6,9,11,35H,7-8,10H2,1-2H3,(H2,29,34)/t11-,20?/m1/s1. The van der Waals surface area contributed by atoms with Crippen molar-refractivity contribution in [2.24, 2.45) is 5.73 Å². The number of piperazine rings is 1. The number of halogens is 6. The van der Waals surface area contributed by atoms with Gasteiger partial charge in [0.1, 0.15) is 4.21 Å². The highest BCUT2D eigenvalue weighted by Gasteiger charge is 2.61. The predicted molar refractivity (Wildman–Crippen MR) is 129 cm³/mol. The number of nitrogens with two attached hydrogens (primary N) is 1. The Bertz CT molecular complexity index is 1540. The van der Waals surface area contributed by atoms with Crippen molar-refractivity contribution in [1.29, 1.82) is 0 Å². The summed E-state index contributed by atoms with van der Waals surface area (Å²) in [6.45, 7) is 2.26. The second-order valence-electron chi connectivity index (χ2n) is 8.98. The van der Waals surface area contributed by atoms with Crippen molar-refractivity contribution in [2.75, 3.05) is 24.5 Å². The topological polar surface area (TPSA) is 143 Å². The van der Waals surface area contributed by atoms with Gasteiger partial charge in [-0.1, -0.05) is 5.16 Å². The Morgan fingerprint density at radius 2 is 1.82 bits per heavy atom. The van der Waals surface area contributed by atoms with E-state index in [4.69, 9.17) is 10.3 Å². The van der Waals surface area contributed by atoms with Gasteiger partial charge < -0.3 is 20.3 Å². The van der Waals surface area contributed by atoms with Gasteiger partial charge in [0.05, 0.1) is 10.4 Å². The maximum absolute atomic E-state index is 14.0. The van der Waals surface area contributed by atoms with Crippen LogP contribution in [0.5, 0.6) is 0 Å². The Labute approximate surface area is 227 Å². The van der Waals surface area contributed by atoms with E-state index in [0.29, 0.717) is 6.07 Å². The number of hydrogen-bond acceptors (Lipinski definition) is 9. The van der Waals surface area contributed by atoms with Gasteiger partial charge in [0.15, 0.2) is 5.82 Å². The monoisotopic (exact) mass is 613 g/mol. The zero-order chi connectivity index (χ0) is 29.8. The first-order chi connectivity index (χ1) is 18.4. The lowest BCUT2D eigenvalue weighted by Gasteiger charge is -2.40. The number of carbonyl (C=O) groups excluding carboxylic acids is 1. The van der Waals surface area contributed by atoms with Crippen molar-refractivity contribution < 1.29 is 49.2 Å². The van der Waals surface area contributed by atoms with E-state index in [-0.39, 0.29) is 53.9 Å². The van der Waals surface area contributed by atoms with Crippen LogP contribution in [0.1, 0.15) is 23.2 Å². The fourth-order valence-corrected chi connectivity index (χ4v) is 7.44. The summed E-state index contributed by atoms with van der Waals surface area (Å²) < 4.78 is 114. The third-order valence-electron chi connectivity index (χ3n) is 6.25. The summed E-state index contributed by atoms with van der Waals surface area (Å²) in [6.07, 6.45) is -10.3. The van der Waals surface area contributed by atoms with Gasteiger partial charge in [-0.2, -0.15) is 35.6 Å². The number of aliphatic hydroxyl groups is 1. The molecular formula is C22H21F6N5O5S2. The van der Waals surface area contributed by atoms with Gasteiger partial charge in [0.25, 0.3) is 27.4 Å². The van der Waals surface area contributed by atoms with Gasteiger partial charge in [-0.25, -0.2) is 8.42 Å².